The number of aromatic carboxylic acids is 1. The first-order valence-corrected chi connectivity index (χ1v) is 8.15. The number of carboxylic acids is 1. The highest BCUT2D eigenvalue weighted by Crippen LogP contribution is 2.25. The van der Waals surface area contributed by atoms with E-state index in [1.165, 1.54) is 6.07 Å². The van der Waals surface area contributed by atoms with Gasteiger partial charge in [-0.15, -0.1) is 0 Å². The number of nitrogens with zero attached hydrogens (tertiary/aromatic N) is 1. The summed E-state index contributed by atoms with van der Waals surface area (Å²) in [5.41, 5.74) is 2.78. The number of carbonyl (C=O) groups is 1. The Hall–Kier alpha value is -2.60. The number of anilines is 1. The van der Waals surface area contributed by atoms with E-state index in [9.17, 15) is 9.59 Å². The number of aromatic amines is 1. The monoisotopic (exact) mass is 327 g/mol. The molecular formula is C18H21N3O3. The minimum Gasteiger partial charge on any atom is -0.477 e. The van der Waals surface area contributed by atoms with Gasteiger partial charge in [-0.2, -0.15) is 0 Å². The smallest absolute Gasteiger partial charge is 0.341 e. The van der Waals surface area contributed by atoms with E-state index in [-0.39, 0.29) is 5.56 Å². The number of hydrogen-bond acceptors (Lipinski definition) is 4. The third kappa shape index (κ3) is 3.19. The van der Waals surface area contributed by atoms with Crippen molar-refractivity contribution in [1.82, 2.24) is 10.3 Å². The molecule has 0 amide bonds. The molecule has 2 aromatic rings. The summed E-state index contributed by atoms with van der Waals surface area (Å²) < 4.78 is 0. The fourth-order valence-corrected chi connectivity index (χ4v) is 3.03. The summed E-state index contributed by atoms with van der Waals surface area (Å²) in [5, 5.41) is 12.4. The number of pyridine rings is 1. The van der Waals surface area contributed by atoms with Gasteiger partial charge in [-0.25, -0.2) is 4.79 Å². The Balaban J connectivity index is 1.95. The number of piperazine rings is 1. The molecule has 0 radical (unpaired) electrons. The normalized spacial score (nSPS) is 14.6. The minimum atomic E-state index is -1.20. The van der Waals surface area contributed by atoms with Crippen molar-refractivity contribution in [3.63, 3.8) is 0 Å². The predicted octanol–water partition coefficient (Wildman–Crippen LogP) is 1.71. The maximum absolute atomic E-state index is 12.0. The van der Waals surface area contributed by atoms with Crippen molar-refractivity contribution in [1.29, 1.82) is 0 Å². The number of benzene rings is 1. The van der Waals surface area contributed by atoms with Crippen LogP contribution in [-0.4, -0.2) is 42.2 Å². The first-order chi connectivity index (χ1) is 11.6. The second kappa shape index (κ2) is 6.88. The fraction of sp³-hybridized carbons (Fsp3) is 0.333. The predicted molar refractivity (Wildman–Crippen MR) is 93.9 cm³/mol. The molecule has 2 heterocycles. The zero-order valence-corrected chi connectivity index (χ0v) is 13.6. The highest BCUT2D eigenvalue weighted by Gasteiger charge is 2.15. The van der Waals surface area contributed by atoms with E-state index in [1.807, 2.05) is 31.2 Å². The lowest BCUT2D eigenvalue weighted by Gasteiger charge is -2.29. The summed E-state index contributed by atoms with van der Waals surface area (Å²) in [7, 11) is 0. The Kier molecular flexibility index (Phi) is 4.66. The molecule has 1 aliphatic rings. The lowest BCUT2D eigenvalue weighted by Crippen LogP contribution is -2.43. The van der Waals surface area contributed by atoms with Crippen LogP contribution in [0.5, 0.6) is 0 Å². The Morgan fingerprint density at radius 2 is 1.88 bits per heavy atom. The van der Waals surface area contributed by atoms with Crippen LogP contribution in [0.1, 0.15) is 22.8 Å². The molecular weight excluding hydrogens is 306 g/mol. The molecule has 0 saturated carbocycles. The van der Waals surface area contributed by atoms with Gasteiger partial charge in [0.15, 0.2) is 0 Å². The van der Waals surface area contributed by atoms with Gasteiger partial charge in [0, 0.05) is 31.9 Å². The van der Waals surface area contributed by atoms with Crippen LogP contribution in [0.2, 0.25) is 0 Å². The van der Waals surface area contributed by atoms with E-state index in [2.05, 4.69) is 15.2 Å². The van der Waals surface area contributed by atoms with Crippen LogP contribution in [0.3, 0.4) is 0 Å². The lowest BCUT2D eigenvalue weighted by molar-refractivity contribution is 0.0695. The number of nitrogens with one attached hydrogen (secondary N) is 2. The van der Waals surface area contributed by atoms with Gasteiger partial charge in [-0.3, -0.25) is 4.79 Å². The standard InChI is InChI=1S/C18H21N3O3/c1-2-12-11-15(18(23)24)17(22)20-16(12)13-3-5-14(6-4-13)21-9-7-19-8-10-21/h3-6,11,19H,2,7-10H2,1H3,(H,20,22)(H,23,24). The van der Waals surface area contributed by atoms with Crippen molar-refractivity contribution in [3.8, 4) is 11.3 Å². The summed E-state index contributed by atoms with van der Waals surface area (Å²) in [6.45, 7) is 5.85. The second-order valence-corrected chi connectivity index (χ2v) is 5.86. The van der Waals surface area contributed by atoms with E-state index in [0.29, 0.717) is 12.1 Å². The molecule has 1 fully saturated rings. The third-order valence-electron chi connectivity index (χ3n) is 4.37. The molecule has 0 atom stereocenters. The molecule has 6 nitrogen and oxygen atoms in total. The zero-order chi connectivity index (χ0) is 17.1. The maximum Gasteiger partial charge on any atom is 0.341 e. The van der Waals surface area contributed by atoms with Gasteiger partial charge >= 0.3 is 5.97 Å². The number of rotatable bonds is 4. The first-order valence-electron chi connectivity index (χ1n) is 8.15. The number of aryl methyl sites for hydroxylation is 1. The molecule has 3 N–H and O–H groups in total. The quantitative estimate of drug-likeness (QED) is 0.796. The average molecular weight is 327 g/mol. The van der Waals surface area contributed by atoms with Crippen LogP contribution in [-0.2, 0) is 6.42 Å². The topological polar surface area (TPSA) is 85.4 Å². The summed E-state index contributed by atoms with van der Waals surface area (Å²) >= 11 is 0. The second-order valence-electron chi connectivity index (χ2n) is 5.86. The number of H-pyrrole nitrogens is 1. The van der Waals surface area contributed by atoms with Crippen LogP contribution >= 0.6 is 0 Å². The van der Waals surface area contributed by atoms with E-state index in [4.69, 9.17) is 5.11 Å². The van der Waals surface area contributed by atoms with E-state index in [1.54, 1.807) is 0 Å². The SMILES string of the molecule is CCc1cc(C(=O)O)c(=O)[nH]c1-c1ccc(N2CCNCC2)cc1. The van der Waals surface area contributed by atoms with Gasteiger partial charge in [-0.1, -0.05) is 19.1 Å². The van der Waals surface area contributed by atoms with Gasteiger partial charge in [0.2, 0.25) is 0 Å². The molecule has 3 rings (SSSR count). The Bertz CT molecular complexity index is 790. The lowest BCUT2D eigenvalue weighted by atomic mass is 10.0. The highest BCUT2D eigenvalue weighted by molar-refractivity contribution is 5.88. The fourth-order valence-electron chi connectivity index (χ4n) is 3.03. The number of aromatic nitrogens is 1. The van der Waals surface area contributed by atoms with Gasteiger partial charge in [0.25, 0.3) is 5.56 Å². The molecule has 1 aromatic carbocycles. The van der Waals surface area contributed by atoms with Gasteiger partial charge in [0.05, 0.1) is 5.69 Å². The zero-order valence-electron chi connectivity index (χ0n) is 13.6. The molecule has 1 saturated heterocycles. The summed E-state index contributed by atoms with van der Waals surface area (Å²) in [6, 6.07) is 9.51. The third-order valence-corrected chi connectivity index (χ3v) is 4.37. The van der Waals surface area contributed by atoms with Gasteiger partial charge < -0.3 is 20.3 Å². The van der Waals surface area contributed by atoms with E-state index < -0.39 is 11.5 Å². The minimum absolute atomic E-state index is 0.215. The van der Waals surface area contributed by atoms with Gasteiger partial charge in [0.1, 0.15) is 5.56 Å². The number of carboxylic acid groups (broad SMARTS) is 1. The van der Waals surface area contributed by atoms with Crippen molar-refractivity contribution in [2.75, 3.05) is 31.1 Å². The van der Waals surface area contributed by atoms with Crippen LogP contribution in [0.15, 0.2) is 35.1 Å². The number of hydrogen-bond donors (Lipinski definition) is 3. The van der Waals surface area contributed by atoms with Crippen molar-refractivity contribution >= 4 is 11.7 Å². The molecule has 126 valence electrons. The van der Waals surface area contributed by atoms with Gasteiger partial charge in [-0.05, 0) is 35.7 Å². The maximum atomic E-state index is 12.0. The Labute approximate surface area is 140 Å². The van der Waals surface area contributed by atoms with Crippen LogP contribution in [0.4, 0.5) is 5.69 Å². The summed E-state index contributed by atoms with van der Waals surface area (Å²) in [4.78, 5) is 28.2. The van der Waals surface area contributed by atoms with Crippen molar-refractivity contribution in [3.05, 3.63) is 51.8 Å². The van der Waals surface area contributed by atoms with Crippen molar-refractivity contribution in [2.45, 2.75) is 13.3 Å². The summed E-state index contributed by atoms with van der Waals surface area (Å²) in [6.07, 6.45) is 0.645. The molecule has 1 aliphatic heterocycles. The molecule has 0 spiro atoms. The first kappa shape index (κ1) is 16.3. The van der Waals surface area contributed by atoms with Crippen molar-refractivity contribution in [2.24, 2.45) is 0 Å². The van der Waals surface area contributed by atoms with Crippen LogP contribution < -0.4 is 15.8 Å². The molecule has 6 heteroatoms. The van der Waals surface area contributed by atoms with E-state index >= 15 is 0 Å². The molecule has 1 aromatic heterocycles. The Morgan fingerprint density at radius 3 is 2.46 bits per heavy atom. The highest BCUT2D eigenvalue weighted by atomic mass is 16.4. The van der Waals surface area contributed by atoms with Crippen LogP contribution in [0.25, 0.3) is 11.3 Å². The largest absolute Gasteiger partial charge is 0.477 e. The molecule has 0 aliphatic carbocycles. The Morgan fingerprint density at radius 1 is 1.21 bits per heavy atom. The average Bonchev–Trinajstić information content (AvgIpc) is 2.62. The van der Waals surface area contributed by atoms with Crippen molar-refractivity contribution < 1.29 is 9.90 Å². The van der Waals surface area contributed by atoms with Crippen LogP contribution in [0, 0.1) is 0 Å². The van der Waals surface area contributed by atoms with E-state index in [0.717, 1.165) is 43.0 Å². The summed E-state index contributed by atoms with van der Waals surface area (Å²) in [5.74, 6) is -1.20. The molecule has 0 bridgehead atoms. The molecule has 0 unspecified atom stereocenters. The molecule has 24 heavy (non-hydrogen) atoms.